The molecule has 0 unspecified atom stereocenters. The standard InChI is InChI=1S/C16H27NO2S/c1-3-4-5-6-7-8-9-10-11-15-14(12-16(18)19)17-13(2)20-15/h3-12H2,1-2H3,(H,18,19). The van der Waals surface area contributed by atoms with Crippen molar-refractivity contribution >= 4 is 17.3 Å². The molecular formula is C16H27NO2S. The lowest BCUT2D eigenvalue weighted by Crippen LogP contribution is -2.03. The number of carboxylic acid groups (broad SMARTS) is 1. The number of hydrogen-bond donors (Lipinski definition) is 1. The van der Waals surface area contributed by atoms with Gasteiger partial charge >= 0.3 is 5.97 Å². The van der Waals surface area contributed by atoms with Crippen molar-refractivity contribution in [2.45, 2.75) is 78.1 Å². The molecular weight excluding hydrogens is 270 g/mol. The minimum atomic E-state index is -0.785. The van der Waals surface area contributed by atoms with Crippen molar-refractivity contribution in [3.63, 3.8) is 0 Å². The molecule has 0 saturated carbocycles. The van der Waals surface area contributed by atoms with E-state index in [2.05, 4.69) is 11.9 Å². The van der Waals surface area contributed by atoms with Crippen LogP contribution in [0.4, 0.5) is 0 Å². The Kier molecular flexibility index (Phi) is 8.51. The van der Waals surface area contributed by atoms with E-state index in [9.17, 15) is 4.79 Å². The van der Waals surface area contributed by atoms with Gasteiger partial charge in [-0.3, -0.25) is 4.79 Å². The van der Waals surface area contributed by atoms with Gasteiger partial charge in [0.15, 0.2) is 0 Å². The third-order valence-electron chi connectivity index (χ3n) is 3.46. The molecule has 0 aliphatic rings. The summed E-state index contributed by atoms with van der Waals surface area (Å²) < 4.78 is 0. The molecule has 1 N–H and O–H groups in total. The molecule has 4 heteroatoms. The Bertz CT molecular complexity index is 401. The Hall–Kier alpha value is -0.900. The molecule has 0 bridgehead atoms. The molecule has 1 aromatic rings. The number of unbranched alkanes of at least 4 members (excludes halogenated alkanes) is 7. The number of aliphatic carboxylic acids is 1. The number of hydrogen-bond acceptors (Lipinski definition) is 3. The third-order valence-corrected chi connectivity index (χ3v) is 4.53. The smallest absolute Gasteiger partial charge is 0.309 e. The van der Waals surface area contributed by atoms with Crippen molar-refractivity contribution in [2.24, 2.45) is 0 Å². The van der Waals surface area contributed by atoms with Crippen LogP contribution >= 0.6 is 11.3 Å². The maximum absolute atomic E-state index is 10.8. The summed E-state index contributed by atoms with van der Waals surface area (Å²) in [6.07, 6.45) is 11.5. The Balaban J connectivity index is 2.19. The van der Waals surface area contributed by atoms with Crippen LogP contribution in [0.1, 0.15) is 73.9 Å². The number of carboxylic acids is 1. The predicted molar refractivity (Wildman–Crippen MR) is 84.5 cm³/mol. The Morgan fingerprint density at radius 1 is 1.10 bits per heavy atom. The highest BCUT2D eigenvalue weighted by atomic mass is 32.1. The first-order valence-corrected chi connectivity index (χ1v) is 8.62. The zero-order valence-corrected chi connectivity index (χ0v) is 13.6. The molecule has 1 heterocycles. The van der Waals surface area contributed by atoms with Crippen molar-refractivity contribution in [1.82, 2.24) is 4.98 Å². The molecule has 0 fully saturated rings. The topological polar surface area (TPSA) is 50.2 Å². The predicted octanol–water partition coefficient (Wildman–Crippen LogP) is 4.76. The summed E-state index contributed by atoms with van der Waals surface area (Å²) in [5.41, 5.74) is 0.781. The number of carbonyl (C=O) groups is 1. The molecule has 20 heavy (non-hydrogen) atoms. The summed E-state index contributed by atoms with van der Waals surface area (Å²) in [4.78, 5) is 16.3. The molecule has 114 valence electrons. The molecule has 3 nitrogen and oxygen atoms in total. The maximum atomic E-state index is 10.8. The van der Waals surface area contributed by atoms with E-state index >= 15 is 0 Å². The molecule has 0 radical (unpaired) electrons. The number of rotatable bonds is 11. The minimum Gasteiger partial charge on any atom is -0.481 e. The van der Waals surface area contributed by atoms with Gasteiger partial charge in [0.2, 0.25) is 0 Å². The van der Waals surface area contributed by atoms with Gasteiger partial charge in [0.05, 0.1) is 17.1 Å². The van der Waals surface area contributed by atoms with Crippen molar-refractivity contribution in [1.29, 1.82) is 0 Å². The lowest BCUT2D eigenvalue weighted by atomic mass is 10.1. The fourth-order valence-corrected chi connectivity index (χ4v) is 3.40. The molecule has 0 spiro atoms. The van der Waals surface area contributed by atoms with Crippen LogP contribution in [-0.4, -0.2) is 16.1 Å². The van der Waals surface area contributed by atoms with E-state index in [-0.39, 0.29) is 6.42 Å². The van der Waals surface area contributed by atoms with E-state index in [1.165, 1.54) is 49.8 Å². The van der Waals surface area contributed by atoms with Gasteiger partial charge in [-0.15, -0.1) is 11.3 Å². The minimum absolute atomic E-state index is 0.0662. The first-order chi connectivity index (χ1) is 9.63. The number of aromatic nitrogens is 1. The Morgan fingerprint density at radius 2 is 1.70 bits per heavy atom. The monoisotopic (exact) mass is 297 g/mol. The van der Waals surface area contributed by atoms with E-state index in [4.69, 9.17) is 5.11 Å². The van der Waals surface area contributed by atoms with Gasteiger partial charge in [0, 0.05) is 4.88 Å². The highest BCUT2D eigenvalue weighted by Gasteiger charge is 2.11. The SMILES string of the molecule is CCCCCCCCCCc1sc(C)nc1CC(=O)O. The van der Waals surface area contributed by atoms with Crippen molar-refractivity contribution < 1.29 is 9.90 Å². The van der Waals surface area contributed by atoms with Crippen LogP contribution in [0.15, 0.2) is 0 Å². The first-order valence-electron chi connectivity index (χ1n) is 7.80. The molecule has 0 amide bonds. The Morgan fingerprint density at radius 3 is 2.30 bits per heavy atom. The summed E-state index contributed by atoms with van der Waals surface area (Å²) >= 11 is 1.66. The summed E-state index contributed by atoms with van der Waals surface area (Å²) in [6.45, 7) is 4.19. The second kappa shape index (κ2) is 9.92. The molecule has 0 saturated heterocycles. The van der Waals surface area contributed by atoms with Gasteiger partial charge < -0.3 is 5.11 Å². The number of thiazole rings is 1. The van der Waals surface area contributed by atoms with Crippen LogP contribution in [-0.2, 0) is 17.6 Å². The van der Waals surface area contributed by atoms with Gasteiger partial charge in [-0.2, -0.15) is 0 Å². The van der Waals surface area contributed by atoms with Gasteiger partial charge in [-0.25, -0.2) is 4.98 Å². The van der Waals surface area contributed by atoms with E-state index in [0.717, 1.165) is 23.5 Å². The van der Waals surface area contributed by atoms with Crippen LogP contribution in [0.5, 0.6) is 0 Å². The van der Waals surface area contributed by atoms with Crippen LogP contribution < -0.4 is 0 Å². The normalized spacial score (nSPS) is 10.9. The quantitative estimate of drug-likeness (QED) is 0.599. The third kappa shape index (κ3) is 7.04. The second-order valence-corrected chi connectivity index (χ2v) is 6.69. The summed E-state index contributed by atoms with van der Waals surface area (Å²) in [6, 6.07) is 0. The Labute approximate surface area is 126 Å². The highest BCUT2D eigenvalue weighted by Crippen LogP contribution is 2.21. The summed E-state index contributed by atoms with van der Waals surface area (Å²) in [7, 11) is 0. The second-order valence-electron chi connectivity index (χ2n) is 5.40. The van der Waals surface area contributed by atoms with E-state index in [0.29, 0.717) is 0 Å². The van der Waals surface area contributed by atoms with Crippen molar-refractivity contribution in [3.05, 3.63) is 15.6 Å². The molecule has 1 aromatic heterocycles. The largest absolute Gasteiger partial charge is 0.481 e. The molecule has 0 aliphatic heterocycles. The summed E-state index contributed by atoms with van der Waals surface area (Å²) in [5.74, 6) is -0.785. The van der Waals surface area contributed by atoms with E-state index in [1.807, 2.05) is 6.92 Å². The lowest BCUT2D eigenvalue weighted by molar-refractivity contribution is -0.136. The summed E-state index contributed by atoms with van der Waals surface area (Å²) in [5, 5.41) is 9.86. The number of aryl methyl sites for hydroxylation is 2. The molecule has 1 rings (SSSR count). The number of nitrogens with zero attached hydrogens (tertiary/aromatic N) is 1. The van der Waals surface area contributed by atoms with Gasteiger partial charge in [-0.05, 0) is 19.8 Å². The highest BCUT2D eigenvalue weighted by molar-refractivity contribution is 7.11. The van der Waals surface area contributed by atoms with Gasteiger partial charge in [-0.1, -0.05) is 51.9 Å². The molecule has 0 aliphatic carbocycles. The fraction of sp³-hybridized carbons (Fsp3) is 0.750. The average Bonchev–Trinajstić information content (AvgIpc) is 2.72. The van der Waals surface area contributed by atoms with Gasteiger partial charge in [0.1, 0.15) is 0 Å². The lowest BCUT2D eigenvalue weighted by Gasteiger charge is -2.02. The van der Waals surface area contributed by atoms with Crippen LogP contribution in [0, 0.1) is 6.92 Å². The van der Waals surface area contributed by atoms with Crippen LogP contribution in [0.3, 0.4) is 0 Å². The molecule has 0 atom stereocenters. The maximum Gasteiger partial charge on any atom is 0.309 e. The van der Waals surface area contributed by atoms with Crippen molar-refractivity contribution in [2.75, 3.05) is 0 Å². The zero-order chi connectivity index (χ0) is 14.8. The van der Waals surface area contributed by atoms with Crippen molar-refractivity contribution in [3.8, 4) is 0 Å². The zero-order valence-electron chi connectivity index (χ0n) is 12.8. The van der Waals surface area contributed by atoms with E-state index in [1.54, 1.807) is 11.3 Å². The van der Waals surface area contributed by atoms with Crippen LogP contribution in [0.2, 0.25) is 0 Å². The van der Waals surface area contributed by atoms with Crippen LogP contribution in [0.25, 0.3) is 0 Å². The van der Waals surface area contributed by atoms with Gasteiger partial charge in [0.25, 0.3) is 0 Å². The fourth-order valence-electron chi connectivity index (χ4n) is 2.41. The average molecular weight is 297 g/mol. The van der Waals surface area contributed by atoms with E-state index < -0.39 is 5.97 Å². The first kappa shape index (κ1) is 17.2. The molecule has 0 aromatic carbocycles.